The zero-order valence-electron chi connectivity index (χ0n) is 7.66. The second-order valence-electron chi connectivity index (χ2n) is 2.67. The lowest BCUT2D eigenvalue weighted by Crippen LogP contribution is -2.23. The maximum absolute atomic E-state index is 10.5. The topological polar surface area (TPSA) is 69.1 Å². The highest BCUT2D eigenvalue weighted by Crippen LogP contribution is 2.06. The van der Waals surface area contributed by atoms with E-state index in [-0.39, 0.29) is 0 Å². The molecule has 0 spiro atoms. The first-order chi connectivity index (χ1) is 6.09. The number of hydrogen-bond acceptors (Lipinski definition) is 3. The van der Waals surface area contributed by atoms with Gasteiger partial charge in [0, 0.05) is 5.69 Å². The van der Waals surface area contributed by atoms with Gasteiger partial charge in [-0.25, -0.2) is 0 Å². The summed E-state index contributed by atoms with van der Waals surface area (Å²) in [4.78, 5) is 10.5. The van der Waals surface area contributed by atoms with Crippen molar-refractivity contribution in [3.63, 3.8) is 0 Å². The van der Waals surface area contributed by atoms with E-state index in [1.807, 2.05) is 0 Å². The van der Waals surface area contributed by atoms with Gasteiger partial charge in [0.2, 0.25) is 0 Å². The molecular formula is C9H12N2O. The van der Waals surface area contributed by atoms with Crippen LogP contribution in [-0.4, -0.2) is 12.3 Å². The van der Waals surface area contributed by atoms with Crippen molar-refractivity contribution in [2.45, 2.75) is 12.5 Å². The lowest BCUT2D eigenvalue weighted by Gasteiger charge is -2.03. The Bertz CT molecular complexity index is 297. The average molecular weight is 165 g/mol. The quantitative estimate of drug-likeness (QED) is 0.501. The van der Waals surface area contributed by atoms with Crippen LogP contribution in [0.2, 0.25) is 0 Å². The van der Waals surface area contributed by atoms with E-state index in [1.165, 1.54) is 0 Å². The Hall–Kier alpha value is -1.35. The highest BCUT2D eigenvalue weighted by atomic mass is 16.1. The first-order valence-corrected chi connectivity index (χ1v) is 3.70. The molecule has 1 aromatic carbocycles. The minimum absolute atomic E-state index is 0.391. The first-order valence-electron chi connectivity index (χ1n) is 4.20. The second-order valence-corrected chi connectivity index (χ2v) is 2.67. The summed E-state index contributed by atoms with van der Waals surface area (Å²) >= 11 is 0. The van der Waals surface area contributed by atoms with Crippen molar-refractivity contribution in [3.8, 4) is 0 Å². The van der Waals surface area contributed by atoms with Crippen LogP contribution < -0.4 is 11.5 Å². The number of anilines is 1. The predicted molar refractivity (Wildman–Crippen MR) is 48.6 cm³/mol. The number of nitrogen functional groups attached to an aromatic ring is 1. The summed E-state index contributed by atoms with van der Waals surface area (Å²) in [6.45, 7) is 0. The van der Waals surface area contributed by atoms with Crippen LogP contribution in [0.3, 0.4) is 0 Å². The molecule has 4 N–H and O–H groups in total. The molecule has 0 radical (unpaired) electrons. The molecule has 0 aromatic heterocycles. The molecule has 0 amide bonds. The molecule has 0 saturated carbocycles. The second kappa shape index (κ2) is 3.88. The molecule has 0 bridgehead atoms. The van der Waals surface area contributed by atoms with Gasteiger partial charge in [-0.2, -0.15) is 0 Å². The van der Waals surface area contributed by atoms with Crippen LogP contribution in [0.15, 0.2) is 24.3 Å². The molecule has 1 aromatic rings. The summed E-state index contributed by atoms with van der Waals surface area (Å²) in [6.07, 6.45) is -0.348. The molecule has 0 fully saturated rings. The molecule has 0 unspecified atom stereocenters. The molecule has 64 valence electrons. The van der Waals surface area contributed by atoms with Gasteiger partial charge in [-0.3, -0.25) is 0 Å². The number of aldehydes is 1. The summed E-state index contributed by atoms with van der Waals surface area (Å²) in [7, 11) is 0. The van der Waals surface area contributed by atoms with Crippen molar-refractivity contribution in [1.29, 1.82) is 0 Å². The van der Waals surface area contributed by atoms with Gasteiger partial charge in [-0.1, -0.05) is 12.1 Å². The van der Waals surface area contributed by atoms with Crippen LogP contribution >= 0.6 is 0 Å². The SMILES string of the molecule is [2H]C(=O)[C@@H](N)Cc1ccc(N)cc1. The highest BCUT2D eigenvalue weighted by Gasteiger charge is 2.00. The standard InChI is InChI=1S/C9H12N2O/c10-8-3-1-7(2-4-8)5-9(11)6-12/h1-4,6,9H,5,10-11H2/t9-/m0/s1/i6D. The van der Waals surface area contributed by atoms with Crippen LogP contribution in [0.1, 0.15) is 6.93 Å². The summed E-state index contributed by atoms with van der Waals surface area (Å²) < 4.78 is 6.79. The monoisotopic (exact) mass is 165 g/mol. The summed E-state index contributed by atoms with van der Waals surface area (Å²) in [5.41, 5.74) is 12.5. The van der Waals surface area contributed by atoms with Gasteiger partial charge in [0.1, 0.15) is 7.63 Å². The molecule has 3 heteroatoms. The molecule has 12 heavy (non-hydrogen) atoms. The fourth-order valence-corrected chi connectivity index (χ4v) is 0.949. The number of rotatable bonds is 3. The zero-order valence-corrected chi connectivity index (χ0v) is 6.66. The maximum atomic E-state index is 10.5. The third-order valence-electron chi connectivity index (χ3n) is 1.59. The highest BCUT2D eigenvalue weighted by molar-refractivity contribution is 5.58. The van der Waals surface area contributed by atoms with Crippen molar-refractivity contribution in [3.05, 3.63) is 29.8 Å². The molecule has 0 saturated heterocycles. The van der Waals surface area contributed by atoms with Crippen LogP contribution in [0, 0.1) is 0 Å². The molecule has 0 aliphatic heterocycles. The minimum atomic E-state index is -0.739. The zero-order chi connectivity index (χ0) is 9.84. The van der Waals surface area contributed by atoms with E-state index in [0.29, 0.717) is 12.1 Å². The Morgan fingerprint density at radius 1 is 1.50 bits per heavy atom. The van der Waals surface area contributed by atoms with E-state index < -0.39 is 12.3 Å². The van der Waals surface area contributed by atoms with Crippen LogP contribution in [0.5, 0.6) is 0 Å². The Morgan fingerprint density at radius 3 is 2.58 bits per heavy atom. The predicted octanol–water partition coefficient (Wildman–Crippen LogP) is 0.337. The third-order valence-corrected chi connectivity index (χ3v) is 1.59. The molecule has 1 rings (SSSR count). The van der Waals surface area contributed by atoms with Crippen molar-refractivity contribution in [2.24, 2.45) is 5.73 Å². The molecular weight excluding hydrogens is 152 g/mol. The van der Waals surface area contributed by atoms with Crippen molar-refractivity contribution < 1.29 is 6.17 Å². The maximum Gasteiger partial charge on any atom is 0.137 e. The van der Waals surface area contributed by atoms with Gasteiger partial charge < -0.3 is 16.3 Å². The molecule has 0 aliphatic carbocycles. The van der Waals surface area contributed by atoms with Gasteiger partial charge in [-0.05, 0) is 24.1 Å². The van der Waals surface area contributed by atoms with Crippen molar-refractivity contribution in [1.82, 2.24) is 0 Å². The van der Waals surface area contributed by atoms with E-state index in [4.69, 9.17) is 12.8 Å². The Kier molecular flexibility index (Phi) is 2.36. The van der Waals surface area contributed by atoms with E-state index in [2.05, 4.69) is 0 Å². The fourth-order valence-electron chi connectivity index (χ4n) is 0.949. The van der Waals surface area contributed by atoms with Gasteiger partial charge in [-0.15, -0.1) is 0 Å². The fraction of sp³-hybridized carbons (Fsp3) is 0.222. The lowest BCUT2D eigenvalue weighted by molar-refractivity contribution is -0.108. The van der Waals surface area contributed by atoms with E-state index in [1.54, 1.807) is 24.3 Å². The summed E-state index contributed by atoms with van der Waals surface area (Å²) in [5, 5.41) is 0. The number of nitrogens with two attached hydrogens (primary N) is 2. The average Bonchev–Trinajstić information content (AvgIpc) is 2.08. The van der Waals surface area contributed by atoms with Crippen LogP contribution in [-0.2, 0) is 11.2 Å². The molecule has 3 nitrogen and oxygen atoms in total. The first kappa shape index (κ1) is 7.31. The summed E-state index contributed by atoms with van der Waals surface area (Å²) in [5.74, 6) is 0. The molecule has 0 aliphatic rings. The summed E-state index contributed by atoms with van der Waals surface area (Å²) in [6, 6.07) is 6.37. The Labute approximate surface area is 72.8 Å². The number of carbonyl (C=O) groups is 1. The molecule has 1 atom stereocenters. The van der Waals surface area contributed by atoms with Gasteiger partial charge in [0.15, 0.2) is 0 Å². The van der Waals surface area contributed by atoms with E-state index in [9.17, 15) is 4.79 Å². The Morgan fingerprint density at radius 2 is 2.08 bits per heavy atom. The third kappa shape index (κ3) is 2.36. The Balaban J connectivity index is 2.64. The molecule has 0 heterocycles. The van der Waals surface area contributed by atoms with E-state index in [0.717, 1.165) is 5.56 Å². The van der Waals surface area contributed by atoms with Gasteiger partial charge in [0.25, 0.3) is 0 Å². The van der Waals surface area contributed by atoms with Crippen LogP contribution in [0.4, 0.5) is 5.69 Å². The number of carbonyl (C=O) groups excluding carboxylic acids is 1. The lowest BCUT2D eigenvalue weighted by atomic mass is 10.1. The normalized spacial score (nSPS) is 13.6. The smallest absolute Gasteiger partial charge is 0.137 e. The van der Waals surface area contributed by atoms with Crippen molar-refractivity contribution >= 4 is 11.9 Å². The van der Waals surface area contributed by atoms with Gasteiger partial charge >= 0.3 is 0 Å². The number of hydrogen-bond donors (Lipinski definition) is 2. The van der Waals surface area contributed by atoms with E-state index >= 15 is 0 Å². The van der Waals surface area contributed by atoms with Crippen LogP contribution in [0.25, 0.3) is 0 Å². The number of benzene rings is 1. The largest absolute Gasteiger partial charge is 0.399 e. The van der Waals surface area contributed by atoms with Gasteiger partial charge in [0.05, 0.1) is 6.04 Å². The van der Waals surface area contributed by atoms with Crippen molar-refractivity contribution in [2.75, 3.05) is 5.73 Å². The minimum Gasteiger partial charge on any atom is -0.399 e.